The van der Waals surface area contributed by atoms with Gasteiger partial charge in [-0.15, -0.1) is 0 Å². The van der Waals surface area contributed by atoms with Gasteiger partial charge in [-0.3, -0.25) is 4.40 Å². The maximum atomic E-state index is 11.6. The van der Waals surface area contributed by atoms with Crippen LogP contribution in [0, 0.1) is 0 Å². The first-order chi connectivity index (χ1) is 7.24. The fourth-order valence-electron chi connectivity index (χ4n) is 1.36. The van der Waals surface area contributed by atoms with Gasteiger partial charge in [0.2, 0.25) is 5.82 Å². The molecular weight excluding hydrogens is 260 g/mol. The van der Waals surface area contributed by atoms with Crippen LogP contribution in [0.15, 0.2) is 29.0 Å². The highest BCUT2D eigenvalue weighted by Gasteiger charge is 2.14. The van der Waals surface area contributed by atoms with Gasteiger partial charge >= 0.3 is 5.97 Å². The van der Waals surface area contributed by atoms with E-state index in [1.54, 1.807) is 17.5 Å². The van der Waals surface area contributed by atoms with Gasteiger partial charge in [0.05, 0.1) is 11.2 Å². The molecule has 0 amide bonds. The van der Waals surface area contributed by atoms with E-state index >= 15 is 0 Å². The van der Waals surface area contributed by atoms with Crippen LogP contribution in [0.2, 0.25) is 0 Å². The Labute approximate surface area is 95.0 Å². The van der Waals surface area contributed by atoms with Gasteiger partial charge in [-0.1, -0.05) is 0 Å². The Balaban J connectivity index is 2.59. The molecule has 0 aliphatic carbocycles. The minimum atomic E-state index is -0.417. The van der Waals surface area contributed by atoms with Crippen LogP contribution in [0.4, 0.5) is 0 Å². The summed E-state index contributed by atoms with van der Waals surface area (Å²) in [6.07, 6.45) is 1.59. The third-order valence-corrected chi connectivity index (χ3v) is 2.59. The zero-order valence-corrected chi connectivity index (χ0v) is 9.69. The van der Waals surface area contributed by atoms with E-state index in [0.29, 0.717) is 6.61 Å². The standard InChI is InChI=1S/C10H9BrN2O2/c1-2-15-10(14)9-12-6-5-7-3-4-8(11)13(7)9/h3-6H,2H2,1H3. The molecule has 0 aliphatic rings. The van der Waals surface area contributed by atoms with Crippen LogP contribution in [0.25, 0.3) is 5.52 Å². The van der Waals surface area contributed by atoms with E-state index in [4.69, 9.17) is 4.74 Å². The quantitative estimate of drug-likeness (QED) is 0.785. The van der Waals surface area contributed by atoms with Crippen molar-refractivity contribution in [1.29, 1.82) is 0 Å². The summed E-state index contributed by atoms with van der Waals surface area (Å²) in [5.74, 6) is -0.133. The maximum absolute atomic E-state index is 11.6. The van der Waals surface area contributed by atoms with E-state index in [1.807, 2.05) is 18.2 Å². The summed E-state index contributed by atoms with van der Waals surface area (Å²) in [4.78, 5) is 15.6. The van der Waals surface area contributed by atoms with E-state index < -0.39 is 5.97 Å². The van der Waals surface area contributed by atoms with Gasteiger partial charge in [-0.2, -0.15) is 0 Å². The Morgan fingerprint density at radius 2 is 2.33 bits per heavy atom. The molecule has 15 heavy (non-hydrogen) atoms. The predicted molar refractivity (Wildman–Crippen MR) is 58.8 cm³/mol. The smallest absolute Gasteiger partial charge is 0.374 e. The minimum absolute atomic E-state index is 0.284. The van der Waals surface area contributed by atoms with Crippen LogP contribution in [0.5, 0.6) is 0 Å². The summed E-state index contributed by atoms with van der Waals surface area (Å²) in [5.41, 5.74) is 0.903. The first-order valence-electron chi connectivity index (χ1n) is 4.53. The number of rotatable bonds is 2. The first-order valence-corrected chi connectivity index (χ1v) is 5.32. The molecule has 2 aromatic heterocycles. The van der Waals surface area contributed by atoms with Gasteiger partial charge in [0.25, 0.3) is 0 Å². The third-order valence-electron chi connectivity index (χ3n) is 1.98. The van der Waals surface area contributed by atoms with E-state index in [2.05, 4.69) is 20.9 Å². The van der Waals surface area contributed by atoms with Crippen molar-refractivity contribution in [2.24, 2.45) is 0 Å². The molecule has 0 aromatic carbocycles. The first kappa shape index (κ1) is 10.2. The Bertz CT molecular complexity index is 507. The third kappa shape index (κ3) is 1.74. The molecular formula is C10H9BrN2O2. The average molecular weight is 269 g/mol. The average Bonchev–Trinajstić information content (AvgIpc) is 2.61. The second kappa shape index (κ2) is 4.02. The Morgan fingerprint density at radius 1 is 1.53 bits per heavy atom. The molecule has 0 saturated heterocycles. The van der Waals surface area contributed by atoms with Crippen LogP contribution < -0.4 is 0 Å². The summed E-state index contributed by atoms with van der Waals surface area (Å²) in [6, 6.07) is 5.59. The minimum Gasteiger partial charge on any atom is -0.460 e. The number of ether oxygens (including phenoxy) is 1. The topological polar surface area (TPSA) is 43.6 Å². The van der Waals surface area contributed by atoms with Gasteiger partial charge in [0.15, 0.2) is 0 Å². The largest absolute Gasteiger partial charge is 0.460 e. The summed E-state index contributed by atoms with van der Waals surface area (Å²) in [5, 5.41) is 0. The van der Waals surface area contributed by atoms with Crippen molar-refractivity contribution in [1.82, 2.24) is 9.38 Å². The van der Waals surface area contributed by atoms with E-state index in [1.165, 1.54) is 0 Å². The van der Waals surface area contributed by atoms with Gasteiger partial charge in [-0.25, -0.2) is 9.78 Å². The van der Waals surface area contributed by atoms with Gasteiger partial charge in [0.1, 0.15) is 0 Å². The molecule has 0 atom stereocenters. The Morgan fingerprint density at radius 3 is 3.07 bits per heavy atom. The number of halogens is 1. The number of carbonyl (C=O) groups excluding carboxylic acids is 1. The van der Waals surface area contributed by atoms with Crippen molar-refractivity contribution in [3.05, 3.63) is 34.8 Å². The molecule has 0 radical (unpaired) electrons. The number of nitrogens with zero attached hydrogens (tertiary/aromatic N) is 2. The number of hydrogen-bond donors (Lipinski definition) is 0. The van der Waals surface area contributed by atoms with Crippen LogP contribution in [-0.4, -0.2) is 22.0 Å². The van der Waals surface area contributed by atoms with Crippen molar-refractivity contribution >= 4 is 27.4 Å². The van der Waals surface area contributed by atoms with Crippen molar-refractivity contribution in [3.8, 4) is 0 Å². The molecule has 5 heteroatoms. The van der Waals surface area contributed by atoms with E-state index in [9.17, 15) is 4.79 Å². The fourth-order valence-corrected chi connectivity index (χ4v) is 1.87. The van der Waals surface area contributed by atoms with Crippen LogP contribution in [-0.2, 0) is 4.74 Å². The highest BCUT2D eigenvalue weighted by Crippen LogP contribution is 2.17. The highest BCUT2D eigenvalue weighted by atomic mass is 79.9. The van der Waals surface area contributed by atoms with Gasteiger partial charge in [-0.05, 0) is 41.1 Å². The molecule has 0 fully saturated rings. The number of carbonyl (C=O) groups is 1. The van der Waals surface area contributed by atoms with Crippen LogP contribution >= 0.6 is 15.9 Å². The molecule has 0 N–H and O–H groups in total. The molecule has 0 spiro atoms. The van der Waals surface area contributed by atoms with Crippen LogP contribution in [0.3, 0.4) is 0 Å². The lowest BCUT2D eigenvalue weighted by molar-refractivity contribution is 0.0509. The molecule has 0 unspecified atom stereocenters. The second-order valence-electron chi connectivity index (χ2n) is 2.91. The van der Waals surface area contributed by atoms with Crippen molar-refractivity contribution in [3.63, 3.8) is 0 Å². The highest BCUT2D eigenvalue weighted by molar-refractivity contribution is 9.10. The molecule has 4 nitrogen and oxygen atoms in total. The zero-order valence-electron chi connectivity index (χ0n) is 8.11. The lowest BCUT2D eigenvalue weighted by Crippen LogP contribution is -2.12. The summed E-state index contributed by atoms with van der Waals surface area (Å²) < 4.78 is 7.41. The summed E-state index contributed by atoms with van der Waals surface area (Å²) in [7, 11) is 0. The van der Waals surface area contributed by atoms with Crippen molar-refractivity contribution in [2.45, 2.75) is 6.92 Å². The van der Waals surface area contributed by atoms with Crippen molar-refractivity contribution in [2.75, 3.05) is 6.61 Å². The Hall–Kier alpha value is -1.36. The monoisotopic (exact) mass is 268 g/mol. The van der Waals surface area contributed by atoms with E-state index in [0.717, 1.165) is 10.1 Å². The molecule has 0 saturated carbocycles. The molecule has 2 rings (SSSR count). The lowest BCUT2D eigenvalue weighted by atomic mass is 10.4. The van der Waals surface area contributed by atoms with E-state index in [-0.39, 0.29) is 5.82 Å². The molecule has 78 valence electrons. The van der Waals surface area contributed by atoms with Crippen molar-refractivity contribution < 1.29 is 9.53 Å². The molecule has 0 bridgehead atoms. The normalized spacial score (nSPS) is 10.5. The molecule has 0 aliphatic heterocycles. The number of hydrogen-bond acceptors (Lipinski definition) is 3. The molecule has 2 heterocycles. The summed E-state index contributed by atoms with van der Waals surface area (Å²) in [6.45, 7) is 2.11. The molecule has 2 aromatic rings. The zero-order chi connectivity index (χ0) is 10.8. The maximum Gasteiger partial charge on any atom is 0.374 e. The van der Waals surface area contributed by atoms with Crippen LogP contribution in [0.1, 0.15) is 17.5 Å². The predicted octanol–water partition coefficient (Wildman–Crippen LogP) is 2.27. The SMILES string of the molecule is CCOC(=O)c1nccc2ccc(Br)n12. The fraction of sp³-hybridized carbons (Fsp3) is 0.200. The van der Waals surface area contributed by atoms with Gasteiger partial charge in [0, 0.05) is 11.7 Å². The number of esters is 1. The number of fused-ring (bicyclic) bond motifs is 1. The van der Waals surface area contributed by atoms with Gasteiger partial charge < -0.3 is 4.74 Å². The summed E-state index contributed by atoms with van der Waals surface area (Å²) >= 11 is 3.35. The second-order valence-corrected chi connectivity index (χ2v) is 3.72. The number of aromatic nitrogens is 2. The lowest BCUT2D eigenvalue weighted by Gasteiger charge is -2.04. The Kier molecular flexibility index (Phi) is 2.73.